The lowest BCUT2D eigenvalue weighted by Crippen LogP contribution is -2.12. The molecule has 3 N–H and O–H groups in total. The largest absolute Gasteiger partial charge is 0.396 e. The Morgan fingerprint density at radius 2 is 2.13 bits per heavy atom. The van der Waals surface area contributed by atoms with Crippen molar-refractivity contribution in [3.63, 3.8) is 0 Å². The van der Waals surface area contributed by atoms with Gasteiger partial charge in [0.25, 0.3) is 0 Å². The van der Waals surface area contributed by atoms with E-state index in [0.717, 1.165) is 24.3 Å². The summed E-state index contributed by atoms with van der Waals surface area (Å²) in [5, 5.41) is 15.1. The lowest BCUT2D eigenvalue weighted by Gasteiger charge is -2.12. The van der Waals surface area contributed by atoms with Gasteiger partial charge in [0, 0.05) is 20.2 Å². The fourth-order valence-corrected chi connectivity index (χ4v) is 1.29. The molecule has 1 rings (SSSR count). The van der Waals surface area contributed by atoms with Crippen LogP contribution in [0.25, 0.3) is 0 Å². The number of aliphatic hydroxyl groups is 1. The lowest BCUT2D eigenvalue weighted by molar-refractivity contribution is 0.266. The predicted octanol–water partition coefficient (Wildman–Crippen LogP) is 1.55. The first-order chi connectivity index (χ1) is 7.26. The molecule has 0 aliphatic rings. The molecule has 0 bridgehead atoms. The van der Waals surface area contributed by atoms with E-state index in [4.69, 9.17) is 5.11 Å². The van der Waals surface area contributed by atoms with Gasteiger partial charge in [-0.05, 0) is 18.4 Å². The third-order valence-corrected chi connectivity index (χ3v) is 2.30. The first-order valence-corrected chi connectivity index (χ1v) is 5.23. The minimum atomic E-state index is 0.248. The smallest absolute Gasteiger partial charge is 0.0547 e. The highest BCUT2D eigenvalue weighted by atomic mass is 16.3. The Kier molecular flexibility index (Phi) is 4.90. The Labute approximate surface area is 90.7 Å². The fraction of sp³-hybridized carbons (Fsp3) is 0.545. The van der Waals surface area contributed by atoms with Crippen molar-refractivity contribution in [3.05, 3.63) is 18.5 Å². The van der Waals surface area contributed by atoms with E-state index < -0.39 is 0 Å². The summed E-state index contributed by atoms with van der Waals surface area (Å²) in [5.41, 5.74) is 2.00. The molecule has 1 aromatic rings. The van der Waals surface area contributed by atoms with Crippen LogP contribution in [0.1, 0.15) is 13.3 Å². The lowest BCUT2D eigenvalue weighted by atomic mass is 10.1. The third kappa shape index (κ3) is 4.16. The van der Waals surface area contributed by atoms with Crippen LogP contribution in [-0.4, -0.2) is 30.3 Å². The van der Waals surface area contributed by atoms with Crippen LogP contribution in [0.5, 0.6) is 0 Å². The van der Waals surface area contributed by atoms with Crippen LogP contribution >= 0.6 is 0 Å². The molecule has 1 unspecified atom stereocenters. The van der Waals surface area contributed by atoms with E-state index in [1.165, 1.54) is 0 Å². The van der Waals surface area contributed by atoms with Crippen molar-refractivity contribution in [2.75, 3.05) is 30.8 Å². The molecule has 15 heavy (non-hydrogen) atoms. The number of aliphatic hydroxyl groups excluding tert-OH is 1. The van der Waals surface area contributed by atoms with Gasteiger partial charge in [-0.2, -0.15) is 0 Å². The molecule has 0 amide bonds. The Bertz CT molecular complexity index is 291. The number of nitrogens with one attached hydrogen (secondary N) is 2. The maximum absolute atomic E-state index is 8.77. The van der Waals surface area contributed by atoms with Gasteiger partial charge in [0.2, 0.25) is 0 Å². The Morgan fingerprint density at radius 1 is 1.40 bits per heavy atom. The van der Waals surface area contributed by atoms with Gasteiger partial charge in [-0.3, -0.25) is 4.98 Å². The molecule has 0 fully saturated rings. The second-order valence-corrected chi connectivity index (χ2v) is 3.71. The van der Waals surface area contributed by atoms with Crippen molar-refractivity contribution < 1.29 is 5.11 Å². The number of rotatable bonds is 6. The van der Waals surface area contributed by atoms with Crippen LogP contribution < -0.4 is 10.6 Å². The molecule has 0 saturated heterocycles. The summed E-state index contributed by atoms with van der Waals surface area (Å²) in [6, 6.07) is 2.01. The van der Waals surface area contributed by atoms with Crippen molar-refractivity contribution in [1.82, 2.24) is 4.98 Å². The second-order valence-electron chi connectivity index (χ2n) is 3.71. The molecular weight excluding hydrogens is 190 g/mol. The van der Waals surface area contributed by atoms with Gasteiger partial charge < -0.3 is 15.7 Å². The van der Waals surface area contributed by atoms with E-state index in [9.17, 15) is 0 Å². The predicted molar refractivity (Wildman–Crippen MR) is 63.1 cm³/mol. The zero-order valence-electron chi connectivity index (χ0n) is 9.33. The number of aromatic nitrogens is 1. The summed E-state index contributed by atoms with van der Waals surface area (Å²) in [6.07, 6.45) is 4.40. The SMILES string of the molecule is CNc1cncc(NCC(C)CCO)c1. The monoisotopic (exact) mass is 209 g/mol. The number of pyridine rings is 1. The number of nitrogens with zero attached hydrogens (tertiary/aromatic N) is 1. The molecule has 1 aromatic heterocycles. The average Bonchev–Trinajstić information content (AvgIpc) is 2.27. The van der Waals surface area contributed by atoms with Crippen LogP contribution in [0, 0.1) is 5.92 Å². The van der Waals surface area contributed by atoms with Crippen molar-refractivity contribution in [2.24, 2.45) is 5.92 Å². The van der Waals surface area contributed by atoms with Crippen molar-refractivity contribution in [2.45, 2.75) is 13.3 Å². The summed E-state index contributed by atoms with van der Waals surface area (Å²) in [6.45, 7) is 3.21. The quantitative estimate of drug-likeness (QED) is 0.665. The summed E-state index contributed by atoms with van der Waals surface area (Å²) < 4.78 is 0. The van der Waals surface area contributed by atoms with Gasteiger partial charge in [-0.15, -0.1) is 0 Å². The van der Waals surface area contributed by atoms with Crippen LogP contribution in [0.4, 0.5) is 11.4 Å². The minimum absolute atomic E-state index is 0.248. The molecule has 0 spiro atoms. The number of hydrogen-bond acceptors (Lipinski definition) is 4. The van der Waals surface area contributed by atoms with Crippen LogP contribution in [0.15, 0.2) is 18.5 Å². The topological polar surface area (TPSA) is 57.2 Å². The Balaban J connectivity index is 2.43. The van der Waals surface area contributed by atoms with Gasteiger partial charge >= 0.3 is 0 Å². The van der Waals surface area contributed by atoms with Crippen molar-refractivity contribution in [1.29, 1.82) is 0 Å². The molecule has 4 heteroatoms. The molecule has 4 nitrogen and oxygen atoms in total. The van der Waals surface area contributed by atoms with E-state index in [1.54, 1.807) is 12.4 Å². The van der Waals surface area contributed by atoms with E-state index in [2.05, 4.69) is 22.5 Å². The number of anilines is 2. The second kappa shape index (κ2) is 6.24. The Morgan fingerprint density at radius 3 is 2.80 bits per heavy atom. The summed E-state index contributed by atoms with van der Waals surface area (Å²) in [4.78, 5) is 4.11. The highest BCUT2D eigenvalue weighted by Gasteiger charge is 2.01. The molecule has 0 aliphatic carbocycles. The maximum atomic E-state index is 8.77. The summed E-state index contributed by atoms with van der Waals surface area (Å²) in [5.74, 6) is 0.466. The van der Waals surface area contributed by atoms with Crippen LogP contribution in [0.3, 0.4) is 0 Å². The Hall–Kier alpha value is -1.29. The zero-order chi connectivity index (χ0) is 11.1. The molecular formula is C11H19N3O. The van der Waals surface area contributed by atoms with Crippen LogP contribution in [0.2, 0.25) is 0 Å². The zero-order valence-corrected chi connectivity index (χ0v) is 9.33. The molecule has 0 radical (unpaired) electrons. The minimum Gasteiger partial charge on any atom is -0.396 e. The van der Waals surface area contributed by atoms with Gasteiger partial charge in [0.05, 0.1) is 23.8 Å². The van der Waals surface area contributed by atoms with Gasteiger partial charge in [-0.1, -0.05) is 6.92 Å². The molecule has 0 aliphatic heterocycles. The average molecular weight is 209 g/mol. The molecule has 0 saturated carbocycles. The van der Waals surface area contributed by atoms with Crippen molar-refractivity contribution in [3.8, 4) is 0 Å². The normalized spacial score (nSPS) is 12.2. The standard InChI is InChI=1S/C11H19N3O/c1-9(3-4-15)6-14-11-5-10(12-2)7-13-8-11/h5,7-9,12,14-15H,3-4,6H2,1-2H3. The summed E-state index contributed by atoms with van der Waals surface area (Å²) >= 11 is 0. The van der Waals surface area contributed by atoms with Crippen LogP contribution in [-0.2, 0) is 0 Å². The molecule has 1 heterocycles. The van der Waals surface area contributed by atoms with E-state index in [1.807, 2.05) is 13.1 Å². The fourth-order valence-electron chi connectivity index (χ4n) is 1.29. The highest BCUT2D eigenvalue weighted by molar-refractivity contribution is 5.53. The number of hydrogen-bond donors (Lipinski definition) is 3. The first kappa shape index (κ1) is 11.8. The van der Waals surface area contributed by atoms with Gasteiger partial charge in [0.15, 0.2) is 0 Å². The van der Waals surface area contributed by atoms with Gasteiger partial charge in [-0.25, -0.2) is 0 Å². The molecule has 1 atom stereocenters. The highest BCUT2D eigenvalue weighted by Crippen LogP contribution is 2.13. The van der Waals surface area contributed by atoms with Gasteiger partial charge in [0.1, 0.15) is 0 Å². The summed E-state index contributed by atoms with van der Waals surface area (Å²) in [7, 11) is 1.87. The molecule has 84 valence electrons. The van der Waals surface area contributed by atoms with E-state index in [0.29, 0.717) is 5.92 Å². The van der Waals surface area contributed by atoms with E-state index in [-0.39, 0.29) is 6.61 Å². The third-order valence-electron chi connectivity index (χ3n) is 2.30. The first-order valence-electron chi connectivity index (χ1n) is 5.23. The van der Waals surface area contributed by atoms with Crippen molar-refractivity contribution >= 4 is 11.4 Å². The molecule has 0 aromatic carbocycles. The maximum Gasteiger partial charge on any atom is 0.0547 e. The van der Waals surface area contributed by atoms with E-state index >= 15 is 0 Å².